The molecule has 12 heteroatoms. The number of carbonyl (C=O) groups is 2. The lowest BCUT2D eigenvalue weighted by Gasteiger charge is -2.23. The van der Waals surface area contributed by atoms with Crippen LogP contribution in [-0.2, 0) is 5.54 Å². The first kappa shape index (κ1) is 29.3. The second kappa shape index (κ2) is 11.9. The molecule has 11 nitrogen and oxygen atoms in total. The predicted octanol–water partition coefficient (Wildman–Crippen LogP) is 4.69. The number of nitrogens with one attached hydrogen (secondary N) is 2. The lowest BCUT2D eigenvalue weighted by Crippen LogP contribution is -2.42. The van der Waals surface area contributed by atoms with Crippen LogP contribution in [0, 0.1) is 5.82 Å². The Morgan fingerprint density at radius 3 is 2.42 bits per heavy atom. The SMILES string of the molecule is CNC(=O)c1c(-c2ccc(F)cc2)oc2cc(OCCO)c(-c3ccc(OC)c(C(=O)NC(C)(C)c4ncon4)c3)cc12. The first-order valence-corrected chi connectivity index (χ1v) is 13.3. The highest BCUT2D eigenvalue weighted by atomic mass is 19.1. The van der Waals surface area contributed by atoms with E-state index in [1.165, 1.54) is 44.8 Å². The minimum atomic E-state index is -0.963. The molecule has 5 aromatic rings. The summed E-state index contributed by atoms with van der Waals surface area (Å²) in [6.07, 6.45) is 1.18. The van der Waals surface area contributed by atoms with Crippen molar-refractivity contribution in [3.05, 3.63) is 83.8 Å². The zero-order valence-electron chi connectivity index (χ0n) is 23.9. The van der Waals surface area contributed by atoms with Crippen LogP contribution in [0.1, 0.15) is 40.4 Å². The number of aliphatic hydroxyl groups is 1. The molecule has 0 unspecified atom stereocenters. The maximum atomic E-state index is 13.7. The molecule has 0 aliphatic carbocycles. The second-order valence-corrected chi connectivity index (χ2v) is 10.1. The molecular formula is C31H29FN4O7. The van der Waals surface area contributed by atoms with Gasteiger partial charge in [-0.2, -0.15) is 4.98 Å². The third kappa shape index (κ3) is 5.77. The Hall–Kier alpha value is -5.23. The van der Waals surface area contributed by atoms with Gasteiger partial charge in [0.2, 0.25) is 6.39 Å². The number of methoxy groups -OCH3 is 1. The van der Waals surface area contributed by atoms with Gasteiger partial charge in [-0.1, -0.05) is 11.2 Å². The Labute approximate surface area is 245 Å². The number of benzene rings is 3. The zero-order valence-corrected chi connectivity index (χ0v) is 23.9. The third-order valence-electron chi connectivity index (χ3n) is 6.80. The summed E-state index contributed by atoms with van der Waals surface area (Å²) < 4.78 is 36.0. The molecule has 222 valence electrons. The Morgan fingerprint density at radius 2 is 1.77 bits per heavy atom. The van der Waals surface area contributed by atoms with Crippen molar-refractivity contribution in [2.75, 3.05) is 27.4 Å². The summed E-state index contributed by atoms with van der Waals surface area (Å²) in [4.78, 5) is 30.7. The molecule has 0 bridgehead atoms. The van der Waals surface area contributed by atoms with Gasteiger partial charge < -0.3 is 34.2 Å². The summed E-state index contributed by atoms with van der Waals surface area (Å²) in [6.45, 7) is 3.20. The minimum Gasteiger partial charge on any atom is -0.496 e. The van der Waals surface area contributed by atoms with E-state index >= 15 is 0 Å². The van der Waals surface area contributed by atoms with Gasteiger partial charge >= 0.3 is 0 Å². The normalized spacial score (nSPS) is 11.4. The summed E-state index contributed by atoms with van der Waals surface area (Å²) in [5.74, 6) is -0.0989. The first-order chi connectivity index (χ1) is 20.7. The number of aliphatic hydroxyl groups excluding tert-OH is 1. The van der Waals surface area contributed by atoms with Crippen LogP contribution >= 0.6 is 0 Å². The summed E-state index contributed by atoms with van der Waals surface area (Å²) in [5.41, 5.74) is 1.42. The molecule has 3 aromatic carbocycles. The number of carbonyl (C=O) groups excluding carboxylic acids is 2. The number of furan rings is 1. The molecule has 0 saturated carbocycles. The van der Waals surface area contributed by atoms with E-state index in [4.69, 9.17) is 18.4 Å². The van der Waals surface area contributed by atoms with E-state index in [1.54, 1.807) is 44.2 Å². The molecule has 0 fully saturated rings. The molecule has 2 heterocycles. The molecule has 5 rings (SSSR count). The van der Waals surface area contributed by atoms with Gasteiger partial charge in [0.25, 0.3) is 11.8 Å². The molecule has 0 spiro atoms. The molecular weight excluding hydrogens is 559 g/mol. The van der Waals surface area contributed by atoms with E-state index in [1.807, 2.05) is 0 Å². The van der Waals surface area contributed by atoms with E-state index in [2.05, 4.69) is 20.8 Å². The zero-order chi connectivity index (χ0) is 30.7. The number of nitrogens with zero attached hydrogens (tertiary/aromatic N) is 2. The lowest BCUT2D eigenvalue weighted by molar-refractivity contribution is 0.0903. The van der Waals surface area contributed by atoms with Crippen LogP contribution in [0.3, 0.4) is 0 Å². The number of hydrogen-bond donors (Lipinski definition) is 3. The van der Waals surface area contributed by atoms with Gasteiger partial charge in [-0.3, -0.25) is 9.59 Å². The molecule has 43 heavy (non-hydrogen) atoms. The summed E-state index contributed by atoms with van der Waals surface area (Å²) >= 11 is 0. The summed E-state index contributed by atoms with van der Waals surface area (Å²) in [6, 6.07) is 14.0. The highest BCUT2D eigenvalue weighted by molar-refractivity contribution is 6.12. The Morgan fingerprint density at radius 1 is 1.02 bits per heavy atom. The molecule has 2 aromatic heterocycles. The maximum Gasteiger partial charge on any atom is 0.255 e. The summed E-state index contributed by atoms with van der Waals surface area (Å²) in [7, 11) is 2.95. The fraction of sp³-hybridized carbons (Fsp3) is 0.226. The first-order valence-electron chi connectivity index (χ1n) is 13.3. The fourth-order valence-electron chi connectivity index (χ4n) is 4.69. The maximum absolute atomic E-state index is 13.7. The van der Waals surface area contributed by atoms with Gasteiger partial charge in [0.05, 0.1) is 30.4 Å². The van der Waals surface area contributed by atoms with Crippen molar-refractivity contribution in [2.45, 2.75) is 19.4 Å². The smallest absolute Gasteiger partial charge is 0.255 e. The highest BCUT2D eigenvalue weighted by Crippen LogP contribution is 2.41. The van der Waals surface area contributed by atoms with Crippen LogP contribution in [0.4, 0.5) is 4.39 Å². The van der Waals surface area contributed by atoms with Gasteiger partial charge in [-0.05, 0) is 61.9 Å². The van der Waals surface area contributed by atoms with Crippen LogP contribution in [0.25, 0.3) is 33.4 Å². The molecule has 0 radical (unpaired) electrons. The fourth-order valence-corrected chi connectivity index (χ4v) is 4.69. The van der Waals surface area contributed by atoms with Crippen LogP contribution in [0.2, 0.25) is 0 Å². The topological polar surface area (TPSA) is 149 Å². The monoisotopic (exact) mass is 588 g/mol. The van der Waals surface area contributed by atoms with Crippen LogP contribution in [0.15, 0.2) is 69.9 Å². The number of hydrogen-bond acceptors (Lipinski definition) is 9. The second-order valence-electron chi connectivity index (χ2n) is 10.1. The minimum absolute atomic E-state index is 0.0191. The van der Waals surface area contributed by atoms with Crippen LogP contribution in [-0.4, -0.2) is 54.4 Å². The molecule has 0 aliphatic rings. The average molecular weight is 589 g/mol. The predicted molar refractivity (Wildman–Crippen MR) is 154 cm³/mol. The van der Waals surface area contributed by atoms with Gasteiger partial charge in [-0.15, -0.1) is 0 Å². The lowest BCUT2D eigenvalue weighted by atomic mass is 9.97. The largest absolute Gasteiger partial charge is 0.496 e. The standard InChI is InChI=1S/C31H29FN4O7/c1-31(2,30-34-16-42-36-30)35-28(38)22-13-18(7-10-23(22)40-4)20-14-21-25(15-24(20)41-12-11-37)43-27(26(21)29(39)33-3)17-5-8-19(32)9-6-17/h5-10,13-16,37H,11-12H2,1-4H3,(H,33,39)(H,35,38). The number of aromatic nitrogens is 2. The number of halogens is 1. The Bertz CT molecular complexity index is 1780. The van der Waals surface area contributed by atoms with Gasteiger partial charge in [-0.25, -0.2) is 4.39 Å². The number of fused-ring (bicyclic) bond motifs is 1. The van der Waals surface area contributed by atoms with E-state index in [0.717, 1.165) is 0 Å². The van der Waals surface area contributed by atoms with Crippen molar-refractivity contribution in [2.24, 2.45) is 0 Å². The van der Waals surface area contributed by atoms with Gasteiger partial charge in [0.1, 0.15) is 35.3 Å². The van der Waals surface area contributed by atoms with Crippen LogP contribution < -0.4 is 20.1 Å². The number of amides is 2. The molecule has 0 saturated heterocycles. The van der Waals surface area contributed by atoms with Crippen molar-refractivity contribution < 1.29 is 37.5 Å². The van der Waals surface area contributed by atoms with E-state index < -0.39 is 23.2 Å². The van der Waals surface area contributed by atoms with Crippen molar-refractivity contribution in [3.8, 4) is 33.9 Å². The van der Waals surface area contributed by atoms with Crippen molar-refractivity contribution >= 4 is 22.8 Å². The average Bonchev–Trinajstić information content (AvgIpc) is 3.68. The van der Waals surface area contributed by atoms with E-state index in [9.17, 15) is 19.1 Å². The third-order valence-corrected chi connectivity index (χ3v) is 6.80. The number of ether oxygens (including phenoxy) is 2. The van der Waals surface area contributed by atoms with Gasteiger partial charge in [0.15, 0.2) is 5.82 Å². The molecule has 0 atom stereocenters. The van der Waals surface area contributed by atoms with E-state index in [0.29, 0.717) is 45.0 Å². The Kier molecular flexibility index (Phi) is 8.13. The Balaban J connectivity index is 1.66. The van der Waals surface area contributed by atoms with E-state index in [-0.39, 0.29) is 30.1 Å². The van der Waals surface area contributed by atoms with Crippen molar-refractivity contribution in [1.82, 2.24) is 20.8 Å². The highest BCUT2D eigenvalue weighted by Gasteiger charge is 2.30. The number of rotatable bonds is 10. The summed E-state index contributed by atoms with van der Waals surface area (Å²) in [5, 5.41) is 19.3. The molecule has 2 amide bonds. The van der Waals surface area contributed by atoms with Crippen molar-refractivity contribution in [1.29, 1.82) is 0 Å². The quantitative estimate of drug-likeness (QED) is 0.211. The van der Waals surface area contributed by atoms with Crippen molar-refractivity contribution in [3.63, 3.8) is 0 Å². The van der Waals surface area contributed by atoms with Crippen LogP contribution in [0.5, 0.6) is 11.5 Å². The molecule has 3 N–H and O–H groups in total. The van der Waals surface area contributed by atoms with Gasteiger partial charge in [0, 0.05) is 29.6 Å². The molecule has 0 aliphatic heterocycles.